The lowest BCUT2D eigenvalue weighted by molar-refractivity contribution is 0.0149. The SMILES string of the molecule is CO[C@H]1C=Cc2cnccc2[C@@H]1O. The van der Waals surface area contributed by atoms with E-state index in [1.54, 1.807) is 19.5 Å². The lowest BCUT2D eigenvalue weighted by Gasteiger charge is -2.23. The first-order valence-corrected chi connectivity index (χ1v) is 4.16. The van der Waals surface area contributed by atoms with Crippen LogP contribution in [-0.4, -0.2) is 23.3 Å². The monoisotopic (exact) mass is 177 g/mol. The molecule has 1 aliphatic rings. The van der Waals surface area contributed by atoms with E-state index in [1.165, 1.54) is 0 Å². The van der Waals surface area contributed by atoms with Crippen molar-refractivity contribution in [2.45, 2.75) is 12.2 Å². The second kappa shape index (κ2) is 3.28. The van der Waals surface area contributed by atoms with E-state index in [0.717, 1.165) is 11.1 Å². The van der Waals surface area contributed by atoms with E-state index in [-0.39, 0.29) is 6.10 Å². The number of aliphatic hydroxyl groups excluding tert-OH is 1. The van der Waals surface area contributed by atoms with Gasteiger partial charge in [-0.2, -0.15) is 0 Å². The molecule has 1 aliphatic carbocycles. The first kappa shape index (κ1) is 8.41. The number of hydrogen-bond acceptors (Lipinski definition) is 3. The maximum atomic E-state index is 9.82. The van der Waals surface area contributed by atoms with Crippen LogP contribution in [0.5, 0.6) is 0 Å². The molecule has 0 radical (unpaired) electrons. The van der Waals surface area contributed by atoms with Gasteiger partial charge in [0.2, 0.25) is 0 Å². The normalized spacial score (nSPS) is 25.7. The molecule has 0 spiro atoms. The van der Waals surface area contributed by atoms with Crippen molar-refractivity contribution in [2.75, 3.05) is 7.11 Å². The molecule has 1 heterocycles. The third-order valence-electron chi connectivity index (χ3n) is 2.25. The molecule has 0 bridgehead atoms. The van der Waals surface area contributed by atoms with E-state index in [9.17, 15) is 5.11 Å². The van der Waals surface area contributed by atoms with Gasteiger partial charge in [-0.1, -0.05) is 12.2 Å². The molecule has 0 aromatic carbocycles. The van der Waals surface area contributed by atoms with Crippen molar-refractivity contribution in [3.63, 3.8) is 0 Å². The zero-order chi connectivity index (χ0) is 9.26. The average Bonchev–Trinajstić information content (AvgIpc) is 2.19. The molecule has 0 aliphatic heterocycles. The van der Waals surface area contributed by atoms with Crippen LogP contribution in [0.25, 0.3) is 6.08 Å². The Labute approximate surface area is 76.7 Å². The number of hydrogen-bond donors (Lipinski definition) is 1. The van der Waals surface area contributed by atoms with Crippen molar-refractivity contribution in [3.8, 4) is 0 Å². The Balaban J connectivity index is 2.42. The predicted octanol–water partition coefficient (Wildman–Crippen LogP) is 1.16. The van der Waals surface area contributed by atoms with Gasteiger partial charge in [0.05, 0.1) is 0 Å². The zero-order valence-electron chi connectivity index (χ0n) is 7.34. The zero-order valence-corrected chi connectivity index (χ0v) is 7.34. The highest BCUT2D eigenvalue weighted by Gasteiger charge is 2.23. The predicted molar refractivity (Wildman–Crippen MR) is 49.0 cm³/mol. The van der Waals surface area contributed by atoms with Gasteiger partial charge in [-0.25, -0.2) is 0 Å². The Kier molecular flexibility index (Phi) is 2.12. The number of pyridine rings is 1. The average molecular weight is 177 g/mol. The van der Waals surface area contributed by atoms with E-state index < -0.39 is 6.10 Å². The summed E-state index contributed by atoms with van der Waals surface area (Å²) in [7, 11) is 1.59. The van der Waals surface area contributed by atoms with Gasteiger partial charge in [0, 0.05) is 19.5 Å². The first-order valence-electron chi connectivity index (χ1n) is 4.16. The van der Waals surface area contributed by atoms with Crippen LogP contribution in [0.3, 0.4) is 0 Å². The van der Waals surface area contributed by atoms with Crippen molar-refractivity contribution in [1.82, 2.24) is 4.98 Å². The summed E-state index contributed by atoms with van der Waals surface area (Å²) in [5.74, 6) is 0. The van der Waals surface area contributed by atoms with Crippen LogP contribution in [0.15, 0.2) is 24.5 Å². The molecule has 0 saturated carbocycles. The molecule has 0 saturated heterocycles. The number of aliphatic hydroxyl groups is 1. The van der Waals surface area contributed by atoms with Crippen LogP contribution in [0, 0.1) is 0 Å². The van der Waals surface area contributed by atoms with E-state index in [4.69, 9.17) is 4.74 Å². The number of fused-ring (bicyclic) bond motifs is 1. The van der Waals surface area contributed by atoms with Gasteiger partial charge in [0.1, 0.15) is 12.2 Å². The smallest absolute Gasteiger partial charge is 0.109 e. The summed E-state index contributed by atoms with van der Waals surface area (Å²) >= 11 is 0. The molecular formula is C10H11NO2. The van der Waals surface area contributed by atoms with Crippen LogP contribution in [0.2, 0.25) is 0 Å². The van der Waals surface area contributed by atoms with Gasteiger partial charge >= 0.3 is 0 Å². The van der Waals surface area contributed by atoms with E-state index in [2.05, 4.69) is 4.98 Å². The van der Waals surface area contributed by atoms with Crippen molar-refractivity contribution < 1.29 is 9.84 Å². The summed E-state index contributed by atoms with van der Waals surface area (Å²) in [4.78, 5) is 3.98. The Hall–Kier alpha value is -1.19. The lowest BCUT2D eigenvalue weighted by Crippen LogP contribution is -2.21. The topological polar surface area (TPSA) is 42.4 Å². The molecule has 0 fully saturated rings. The van der Waals surface area contributed by atoms with Crippen molar-refractivity contribution >= 4 is 6.08 Å². The molecule has 1 N–H and O–H groups in total. The minimum Gasteiger partial charge on any atom is -0.385 e. The second-order valence-electron chi connectivity index (χ2n) is 3.01. The molecule has 3 heteroatoms. The maximum absolute atomic E-state index is 9.82. The molecule has 13 heavy (non-hydrogen) atoms. The minimum atomic E-state index is -0.576. The highest BCUT2D eigenvalue weighted by atomic mass is 16.5. The third kappa shape index (κ3) is 1.36. The lowest BCUT2D eigenvalue weighted by atomic mass is 9.95. The third-order valence-corrected chi connectivity index (χ3v) is 2.25. The summed E-state index contributed by atoms with van der Waals surface area (Å²) in [5.41, 5.74) is 1.84. The maximum Gasteiger partial charge on any atom is 0.109 e. The number of methoxy groups -OCH3 is 1. The first-order chi connectivity index (χ1) is 6.33. The minimum absolute atomic E-state index is 0.241. The summed E-state index contributed by atoms with van der Waals surface area (Å²) in [6.45, 7) is 0. The standard InChI is InChI=1S/C10H11NO2/c1-13-9-3-2-7-6-11-5-4-8(7)10(9)12/h2-6,9-10,12H,1H3/t9-,10-/m0/s1. The Morgan fingerprint density at radius 2 is 2.38 bits per heavy atom. The van der Waals surface area contributed by atoms with E-state index >= 15 is 0 Å². The number of rotatable bonds is 1. The number of aromatic nitrogens is 1. The van der Waals surface area contributed by atoms with Crippen molar-refractivity contribution in [2.24, 2.45) is 0 Å². The summed E-state index contributed by atoms with van der Waals surface area (Å²) < 4.78 is 5.10. The van der Waals surface area contributed by atoms with Crippen LogP contribution < -0.4 is 0 Å². The van der Waals surface area contributed by atoms with Crippen LogP contribution in [0.4, 0.5) is 0 Å². The Bertz CT molecular complexity index is 335. The van der Waals surface area contributed by atoms with Crippen LogP contribution >= 0.6 is 0 Å². The van der Waals surface area contributed by atoms with E-state index in [1.807, 2.05) is 18.2 Å². The largest absolute Gasteiger partial charge is 0.385 e. The second-order valence-corrected chi connectivity index (χ2v) is 3.01. The van der Waals surface area contributed by atoms with Gasteiger partial charge < -0.3 is 9.84 Å². The fraction of sp³-hybridized carbons (Fsp3) is 0.300. The summed E-state index contributed by atoms with van der Waals surface area (Å²) in [6.07, 6.45) is 6.36. The summed E-state index contributed by atoms with van der Waals surface area (Å²) in [6, 6.07) is 1.82. The molecule has 2 atom stereocenters. The Morgan fingerprint density at radius 3 is 3.15 bits per heavy atom. The molecule has 2 rings (SSSR count). The van der Waals surface area contributed by atoms with Gasteiger partial charge in [0.25, 0.3) is 0 Å². The highest BCUT2D eigenvalue weighted by molar-refractivity contribution is 5.57. The molecular weight excluding hydrogens is 166 g/mol. The quantitative estimate of drug-likeness (QED) is 0.699. The fourth-order valence-electron chi connectivity index (χ4n) is 1.51. The van der Waals surface area contributed by atoms with Gasteiger partial charge in [-0.3, -0.25) is 4.98 Å². The van der Waals surface area contributed by atoms with Gasteiger partial charge in [-0.05, 0) is 17.2 Å². The molecule has 0 amide bonds. The van der Waals surface area contributed by atoms with Gasteiger partial charge in [0.15, 0.2) is 0 Å². The van der Waals surface area contributed by atoms with E-state index in [0.29, 0.717) is 0 Å². The fourth-order valence-corrected chi connectivity index (χ4v) is 1.51. The Morgan fingerprint density at radius 1 is 1.54 bits per heavy atom. The molecule has 0 unspecified atom stereocenters. The highest BCUT2D eigenvalue weighted by Crippen LogP contribution is 2.28. The molecule has 1 aromatic rings. The van der Waals surface area contributed by atoms with Crippen molar-refractivity contribution in [1.29, 1.82) is 0 Å². The van der Waals surface area contributed by atoms with Crippen molar-refractivity contribution in [3.05, 3.63) is 35.7 Å². The molecule has 68 valence electrons. The van der Waals surface area contributed by atoms with Gasteiger partial charge in [-0.15, -0.1) is 0 Å². The number of ether oxygens (including phenoxy) is 1. The molecule has 3 nitrogen and oxygen atoms in total. The van der Waals surface area contributed by atoms with Crippen LogP contribution in [-0.2, 0) is 4.74 Å². The molecule has 1 aromatic heterocycles. The number of nitrogens with zero attached hydrogens (tertiary/aromatic N) is 1. The summed E-state index contributed by atoms with van der Waals surface area (Å²) in [5, 5.41) is 9.82. The van der Waals surface area contributed by atoms with Crippen LogP contribution in [0.1, 0.15) is 17.2 Å².